The molecule has 3 atom stereocenters. The fourth-order valence-corrected chi connectivity index (χ4v) is 5.45. The summed E-state index contributed by atoms with van der Waals surface area (Å²) in [5, 5.41) is 15.4. The molecular formula is C21H27N5O2S. The number of anilines is 1. The van der Waals surface area contributed by atoms with Crippen molar-refractivity contribution in [2.45, 2.75) is 57.3 Å². The van der Waals surface area contributed by atoms with Gasteiger partial charge in [-0.3, -0.25) is 9.59 Å². The molecule has 2 fully saturated rings. The van der Waals surface area contributed by atoms with Crippen LogP contribution < -0.4 is 10.6 Å². The van der Waals surface area contributed by atoms with Crippen LogP contribution in [0.3, 0.4) is 0 Å². The van der Waals surface area contributed by atoms with Gasteiger partial charge < -0.3 is 15.2 Å². The first-order chi connectivity index (χ1) is 14.0. The van der Waals surface area contributed by atoms with Crippen LogP contribution in [0.4, 0.5) is 5.69 Å². The van der Waals surface area contributed by atoms with E-state index in [-0.39, 0.29) is 11.8 Å². The van der Waals surface area contributed by atoms with E-state index in [9.17, 15) is 9.59 Å². The lowest BCUT2D eigenvalue weighted by Crippen LogP contribution is -2.39. The molecule has 0 radical (unpaired) electrons. The summed E-state index contributed by atoms with van der Waals surface area (Å²) in [6.45, 7) is 4.21. The van der Waals surface area contributed by atoms with E-state index in [1.807, 2.05) is 35.8 Å². The van der Waals surface area contributed by atoms with E-state index in [2.05, 4.69) is 20.8 Å². The molecule has 1 heterocycles. The monoisotopic (exact) mass is 413 g/mol. The third-order valence-electron chi connectivity index (χ3n) is 5.89. The van der Waals surface area contributed by atoms with Crippen LogP contribution >= 0.6 is 11.8 Å². The number of aromatic nitrogens is 3. The second-order valence-electron chi connectivity index (χ2n) is 7.95. The standard InChI is InChI=1S/C21H27N5O2S/c1-3-26-20(16-5-4-6-17(11-16)22-13(2)27)24-25-21(26)29-12-19(28)23-18-10-14-7-8-15(18)9-14/h4-6,11,14-15,18H,3,7-10,12H2,1-2H3,(H,22,27)(H,23,28)/t14-,15-,18+/m0/s1. The molecule has 2 amide bonds. The molecule has 1 aromatic carbocycles. The lowest BCUT2D eigenvalue weighted by atomic mass is 9.95. The van der Waals surface area contributed by atoms with Gasteiger partial charge in [-0.2, -0.15) is 0 Å². The molecule has 7 nitrogen and oxygen atoms in total. The minimum Gasteiger partial charge on any atom is -0.352 e. The molecule has 4 rings (SSSR count). The zero-order chi connectivity index (χ0) is 20.4. The summed E-state index contributed by atoms with van der Waals surface area (Å²) in [6.07, 6.45) is 5.01. The van der Waals surface area contributed by atoms with E-state index in [4.69, 9.17) is 0 Å². The summed E-state index contributed by atoms with van der Waals surface area (Å²) in [6, 6.07) is 7.90. The van der Waals surface area contributed by atoms with Crippen LogP contribution in [0.25, 0.3) is 11.4 Å². The molecule has 1 aromatic heterocycles. The SMILES string of the molecule is CCn1c(SCC(=O)N[C@@H]2C[C@H]3CC[C@H]2C3)nnc1-c1cccc(NC(C)=O)c1. The van der Waals surface area contributed by atoms with Crippen molar-refractivity contribution in [1.29, 1.82) is 0 Å². The van der Waals surface area contributed by atoms with Gasteiger partial charge in [0, 0.05) is 30.8 Å². The number of carbonyl (C=O) groups is 2. The summed E-state index contributed by atoms with van der Waals surface area (Å²) < 4.78 is 2.00. The van der Waals surface area contributed by atoms with Crippen molar-refractivity contribution in [3.8, 4) is 11.4 Å². The molecule has 2 N–H and O–H groups in total. The minimum atomic E-state index is -0.114. The molecule has 2 bridgehead atoms. The third-order valence-corrected chi connectivity index (χ3v) is 6.86. The van der Waals surface area contributed by atoms with E-state index in [0.717, 1.165) is 34.6 Å². The van der Waals surface area contributed by atoms with Crippen molar-refractivity contribution in [3.05, 3.63) is 24.3 Å². The average molecular weight is 414 g/mol. The van der Waals surface area contributed by atoms with Crippen molar-refractivity contribution in [2.75, 3.05) is 11.1 Å². The fraction of sp³-hybridized carbons (Fsp3) is 0.524. The zero-order valence-corrected chi connectivity index (χ0v) is 17.7. The predicted octanol–water partition coefficient (Wildman–Crippen LogP) is 3.32. The Bertz CT molecular complexity index is 912. The Morgan fingerprint density at radius 3 is 2.79 bits per heavy atom. The highest BCUT2D eigenvalue weighted by Gasteiger charge is 2.40. The van der Waals surface area contributed by atoms with Gasteiger partial charge in [0.05, 0.1) is 5.75 Å². The lowest BCUT2D eigenvalue weighted by molar-refractivity contribution is -0.119. The molecule has 2 saturated carbocycles. The van der Waals surface area contributed by atoms with E-state index < -0.39 is 0 Å². The van der Waals surface area contributed by atoms with Gasteiger partial charge >= 0.3 is 0 Å². The number of nitrogens with zero attached hydrogens (tertiary/aromatic N) is 3. The molecule has 0 spiro atoms. The van der Waals surface area contributed by atoms with Gasteiger partial charge in [-0.1, -0.05) is 30.3 Å². The van der Waals surface area contributed by atoms with Gasteiger partial charge in [0.1, 0.15) is 0 Å². The molecule has 0 unspecified atom stereocenters. The van der Waals surface area contributed by atoms with Crippen LogP contribution in [-0.2, 0) is 16.1 Å². The highest BCUT2D eigenvalue weighted by Crippen LogP contribution is 2.44. The summed E-state index contributed by atoms with van der Waals surface area (Å²) in [4.78, 5) is 23.8. The van der Waals surface area contributed by atoms with Crippen LogP contribution in [0, 0.1) is 11.8 Å². The Hall–Kier alpha value is -2.35. The highest BCUT2D eigenvalue weighted by atomic mass is 32.2. The Morgan fingerprint density at radius 1 is 1.24 bits per heavy atom. The molecule has 29 heavy (non-hydrogen) atoms. The van der Waals surface area contributed by atoms with Gasteiger partial charge in [-0.05, 0) is 50.2 Å². The number of thioether (sulfide) groups is 1. The van der Waals surface area contributed by atoms with Gasteiger partial charge in [-0.25, -0.2) is 0 Å². The first-order valence-electron chi connectivity index (χ1n) is 10.3. The second kappa shape index (κ2) is 8.57. The van der Waals surface area contributed by atoms with Crippen LogP contribution in [0.5, 0.6) is 0 Å². The number of amides is 2. The van der Waals surface area contributed by atoms with Gasteiger partial charge in [0.2, 0.25) is 11.8 Å². The van der Waals surface area contributed by atoms with Crippen molar-refractivity contribution in [1.82, 2.24) is 20.1 Å². The molecule has 8 heteroatoms. The summed E-state index contributed by atoms with van der Waals surface area (Å²) in [5.74, 6) is 2.53. The van der Waals surface area contributed by atoms with E-state index >= 15 is 0 Å². The average Bonchev–Trinajstić information content (AvgIpc) is 3.41. The molecular weight excluding hydrogens is 386 g/mol. The van der Waals surface area contributed by atoms with Crippen molar-refractivity contribution >= 4 is 29.3 Å². The van der Waals surface area contributed by atoms with Crippen molar-refractivity contribution in [3.63, 3.8) is 0 Å². The summed E-state index contributed by atoms with van der Waals surface area (Å²) in [7, 11) is 0. The van der Waals surface area contributed by atoms with Crippen molar-refractivity contribution < 1.29 is 9.59 Å². The Labute approximate surface area is 175 Å². The molecule has 0 saturated heterocycles. The fourth-order valence-electron chi connectivity index (χ4n) is 4.63. The lowest BCUT2D eigenvalue weighted by Gasteiger charge is -2.22. The molecule has 0 aliphatic heterocycles. The number of rotatable bonds is 7. The minimum absolute atomic E-state index is 0.0763. The maximum Gasteiger partial charge on any atom is 0.230 e. The summed E-state index contributed by atoms with van der Waals surface area (Å²) in [5.41, 5.74) is 1.60. The number of carbonyl (C=O) groups excluding carboxylic acids is 2. The van der Waals surface area contributed by atoms with Crippen LogP contribution in [0.2, 0.25) is 0 Å². The van der Waals surface area contributed by atoms with E-state index in [1.165, 1.54) is 37.9 Å². The zero-order valence-electron chi connectivity index (χ0n) is 16.9. The van der Waals surface area contributed by atoms with Gasteiger partial charge in [-0.15, -0.1) is 10.2 Å². The van der Waals surface area contributed by atoms with Crippen LogP contribution in [0.1, 0.15) is 39.5 Å². The molecule has 154 valence electrons. The first kappa shape index (κ1) is 19.9. The summed E-state index contributed by atoms with van der Waals surface area (Å²) >= 11 is 1.42. The third kappa shape index (κ3) is 4.47. The maximum absolute atomic E-state index is 12.4. The Kier molecular flexibility index (Phi) is 5.89. The Balaban J connectivity index is 1.41. The normalized spacial score (nSPS) is 22.6. The topological polar surface area (TPSA) is 88.9 Å². The van der Waals surface area contributed by atoms with Crippen LogP contribution in [0.15, 0.2) is 29.4 Å². The molecule has 2 aliphatic carbocycles. The number of fused-ring (bicyclic) bond motifs is 2. The number of hydrogen-bond acceptors (Lipinski definition) is 5. The maximum atomic E-state index is 12.4. The van der Waals surface area contributed by atoms with Gasteiger partial charge in [0.25, 0.3) is 0 Å². The van der Waals surface area contributed by atoms with E-state index in [1.54, 1.807) is 0 Å². The van der Waals surface area contributed by atoms with E-state index in [0.29, 0.717) is 24.3 Å². The molecule has 2 aromatic rings. The number of benzene rings is 1. The van der Waals surface area contributed by atoms with Crippen molar-refractivity contribution in [2.24, 2.45) is 11.8 Å². The Morgan fingerprint density at radius 2 is 2.10 bits per heavy atom. The predicted molar refractivity (Wildman–Crippen MR) is 114 cm³/mol. The largest absolute Gasteiger partial charge is 0.352 e. The molecule has 2 aliphatic rings. The van der Waals surface area contributed by atoms with Gasteiger partial charge in [0.15, 0.2) is 11.0 Å². The highest BCUT2D eigenvalue weighted by molar-refractivity contribution is 7.99. The first-order valence-corrected chi connectivity index (χ1v) is 11.3. The number of nitrogens with one attached hydrogen (secondary N) is 2. The second-order valence-corrected chi connectivity index (χ2v) is 8.89. The quantitative estimate of drug-likeness (QED) is 0.680. The number of hydrogen-bond donors (Lipinski definition) is 2. The van der Waals surface area contributed by atoms with Crippen LogP contribution in [-0.4, -0.2) is 38.4 Å². The smallest absolute Gasteiger partial charge is 0.230 e.